The van der Waals surface area contributed by atoms with E-state index in [-0.39, 0.29) is 24.9 Å². The third-order valence-corrected chi connectivity index (χ3v) is 5.42. The van der Waals surface area contributed by atoms with Crippen molar-refractivity contribution in [1.29, 1.82) is 0 Å². The van der Waals surface area contributed by atoms with Gasteiger partial charge in [-0.1, -0.05) is 6.08 Å². The third-order valence-electron chi connectivity index (χ3n) is 5.42. The molecule has 6 nitrogen and oxygen atoms in total. The van der Waals surface area contributed by atoms with Crippen LogP contribution >= 0.6 is 0 Å². The van der Waals surface area contributed by atoms with Gasteiger partial charge in [-0.15, -0.1) is 6.58 Å². The van der Waals surface area contributed by atoms with Gasteiger partial charge in [0.05, 0.1) is 29.5 Å². The van der Waals surface area contributed by atoms with Crippen molar-refractivity contribution in [3.63, 3.8) is 0 Å². The molecule has 2 saturated heterocycles. The maximum atomic E-state index is 11.1. The molecule has 0 unspecified atom stereocenters. The number of hydrogen-bond acceptors (Lipinski definition) is 6. The maximum absolute atomic E-state index is 11.1. The molecule has 0 aromatic rings. The Morgan fingerprint density at radius 2 is 1.68 bits per heavy atom. The molecule has 6 heteroatoms. The van der Waals surface area contributed by atoms with Crippen molar-refractivity contribution in [2.45, 2.75) is 94.9 Å². The van der Waals surface area contributed by atoms with Crippen molar-refractivity contribution >= 4 is 5.97 Å². The molecule has 2 aliphatic heterocycles. The predicted octanol–water partition coefficient (Wildman–Crippen LogP) is 2.11. The summed E-state index contributed by atoms with van der Waals surface area (Å²) in [5.74, 6) is -0.398. The second kappa shape index (κ2) is 8.16. The average molecular weight is 356 g/mol. The molecule has 25 heavy (non-hydrogen) atoms. The van der Waals surface area contributed by atoms with Crippen LogP contribution in [-0.4, -0.2) is 58.4 Å². The van der Waals surface area contributed by atoms with Crippen molar-refractivity contribution in [3.8, 4) is 0 Å². The van der Waals surface area contributed by atoms with Crippen LogP contribution in [0.15, 0.2) is 12.7 Å². The first kappa shape index (κ1) is 20.4. The monoisotopic (exact) mass is 356 g/mol. The minimum Gasteiger partial charge on any atom is -0.463 e. The zero-order chi connectivity index (χ0) is 18.7. The number of carbonyl (C=O) groups is 1. The molecule has 6 atom stereocenters. The Morgan fingerprint density at radius 1 is 1.16 bits per heavy atom. The molecule has 0 amide bonds. The summed E-state index contributed by atoms with van der Waals surface area (Å²) >= 11 is 0. The minimum atomic E-state index is -1.09. The lowest BCUT2D eigenvalue weighted by Crippen LogP contribution is -2.45. The van der Waals surface area contributed by atoms with Gasteiger partial charge in [0.25, 0.3) is 0 Å². The summed E-state index contributed by atoms with van der Waals surface area (Å²) in [6.45, 7) is 8.60. The highest BCUT2D eigenvalue weighted by molar-refractivity contribution is 5.65. The molecule has 0 bridgehead atoms. The average Bonchev–Trinajstić information content (AvgIpc) is 2.71. The molecule has 0 aromatic carbocycles. The van der Waals surface area contributed by atoms with E-state index in [4.69, 9.17) is 14.2 Å². The number of ether oxygens (including phenoxy) is 3. The number of allylic oxidation sites excluding steroid dienone is 1. The number of fused-ring (bicyclic) bond motifs is 1. The van der Waals surface area contributed by atoms with Crippen molar-refractivity contribution in [2.24, 2.45) is 0 Å². The van der Waals surface area contributed by atoms with Gasteiger partial charge in [-0.05, 0) is 52.4 Å². The van der Waals surface area contributed by atoms with Gasteiger partial charge in [-0.3, -0.25) is 4.79 Å². The molecule has 0 aliphatic carbocycles. The quantitative estimate of drug-likeness (QED) is 0.580. The van der Waals surface area contributed by atoms with Gasteiger partial charge in [-0.25, -0.2) is 0 Å². The lowest BCUT2D eigenvalue weighted by Gasteiger charge is -2.32. The van der Waals surface area contributed by atoms with E-state index in [1.54, 1.807) is 13.8 Å². The maximum Gasteiger partial charge on any atom is 0.302 e. The zero-order valence-corrected chi connectivity index (χ0v) is 15.6. The topological polar surface area (TPSA) is 85.2 Å². The van der Waals surface area contributed by atoms with Crippen molar-refractivity contribution in [3.05, 3.63) is 12.7 Å². The molecule has 2 N–H and O–H groups in total. The molecule has 2 aliphatic rings. The first-order valence-electron chi connectivity index (χ1n) is 9.15. The summed E-state index contributed by atoms with van der Waals surface area (Å²) in [5.41, 5.74) is -2.02. The van der Waals surface area contributed by atoms with Crippen LogP contribution in [0.3, 0.4) is 0 Å². The standard InChI is InChI=1S/C19H32O6/c1-5-6-7-16-18(3,21)10-8-15-14(24-16)9-11-19(4,22)17(25-15)12-23-13(2)20/h5,14-17,21-22H,1,6-12H2,2-4H3/t14-,15+,16+,17-,18-,19+/m0/s1. The molecule has 0 aromatic heterocycles. The summed E-state index contributed by atoms with van der Waals surface area (Å²) in [5, 5.41) is 21.5. The fourth-order valence-electron chi connectivity index (χ4n) is 3.65. The molecule has 2 fully saturated rings. The van der Waals surface area contributed by atoms with Crippen LogP contribution in [0.2, 0.25) is 0 Å². The van der Waals surface area contributed by atoms with Gasteiger partial charge in [0.15, 0.2) is 0 Å². The normalized spacial score (nSPS) is 42.0. The van der Waals surface area contributed by atoms with Gasteiger partial charge in [0.1, 0.15) is 12.7 Å². The SMILES string of the molecule is C=CCC[C@H]1O[C@H]2CC[C@@](C)(O)[C@H](COC(C)=O)O[C@@H]2CC[C@]1(C)O. The number of esters is 1. The molecule has 2 rings (SSSR count). The van der Waals surface area contributed by atoms with E-state index in [1.807, 2.05) is 6.08 Å². The lowest BCUT2D eigenvalue weighted by molar-refractivity contribution is -0.174. The first-order chi connectivity index (χ1) is 11.7. The van der Waals surface area contributed by atoms with E-state index < -0.39 is 23.3 Å². The predicted molar refractivity (Wildman–Crippen MR) is 93.1 cm³/mol. The van der Waals surface area contributed by atoms with Crippen LogP contribution in [-0.2, 0) is 19.0 Å². The lowest BCUT2D eigenvalue weighted by atomic mass is 9.90. The van der Waals surface area contributed by atoms with Gasteiger partial charge in [0, 0.05) is 6.92 Å². The summed E-state index contributed by atoms with van der Waals surface area (Å²) in [4.78, 5) is 11.1. The largest absolute Gasteiger partial charge is 0.463 e. The van der Waals surface area contributed by atoms with Gasteiger partial charge < -0.3 is 24.4 Å². The summed E-state index contributed by atoms with van der Waals surface area (Å²) in [6.07, 6.45) is 4.26. The fourth-order valence-corrected chi connectivity index (χ4v) is 3.65. The summed E-state index contributed by atoms with van der Waals surface area (Å²) in [7, 11) is 0. The van der Waals surface area contributed by atoms with E-state index >= 15 is 0 Å². The third kappa shape index (κ3) is 5.26. The second-order valence-corrected chi connectivity index (χ2v) is 7.79. The Hall–Kier alpha value is -0.950. The highest BCUT2D eigenvalue weighted by Crippen LogP contribution is 2.38. The van der Waals surface area contributed by atoms with E-state index in [0.717, 1.165) is 6.42 Å². The zero-order valence-electron chi connectivity index (χ0n) is 15.6. The van der Waals surface area contributed by atoms with Crippen LogP contribution < -0.4 is 0 Å². The summed E-state index contributed by atoms with van der Waals surface area (Å²) < 4.78 is 17.4. The van der Waals surface area contributed by atoms with E-state index in [2.05, 4.69) is 6.58 Å². The van der Waals surface area contributed by atoms with Gasteiger partial charge >= 0.3 is 5.97 Å². The number of hydrogen-bond donors (Lipinski definition) is 2. The first-order valence-corrected chi connectivity index (χ1v) is 9.15. The second-order valence-electron chi connectivity index (χ2n) is 7.79. The van der Waals surface area contributed by atoms with Crippen molar-refractivity contribution in [2.75, 3.05) is 6.61 Å². The Balaban J connectivity index is 2.13. The van der Waals surface area contributed by atoms with Gasteiger partial charge in [0.2, 0.25) is 0 Å². The number of rotatable bonds is 5. The molecule has 2 heterocycles. The molecule has 0 spiro atoms. The molecule has 144 valence electrons. The number of carbonyl (C=O) groups excluding carboxylic acids is 1. The fraction of sp³-hybridized carbons (Fsp3) is 0.842. The highest BCUT2D eigenvalue weighted by atomic mass is 16.6. The van der Waals surface area contributed by atoms with E-state index in [0.29, 0.717) is 32.1 Å². The molecular formula is C19H32O6. The molecule has 0 radical (unpaired) electrons. The Labute approximate surface area is 150 Å². The van der Waals surface area contributed by atoms with Crippen molar-refractivity contribution in [1.82, 2.24) is 0 Å². The van der Waals surface area contributed by atoms with Gasteiger partial charge in [-0.2, -0.15) is 0 Å². The van der Waals surface area contributed by atoms with Crippen LogP contribution in [0.5, 0.6) is 0 Å². The molecule has 0 saturated carbocycles. The Morgan fingerprint density at radius 3 is 2.20 bits per heavy atom. The van der Waals surface area contributed by atoms with E-state index in [1.165, 1.54) is 6.92 Å². The summed E-state index contributed by atoms with van der Waals surface area (Å²) in [6, 6.07) is 0. The van der Waals surface area contributed by atoms with Crippen LogP contribution in [0, 0.1) is 0 Å². The minimum absolute atomic E-state index is 0.0157. The number of aliphatic hydroxyl groups is 2. The van der Waals surface area contributed by atoms with Crippen LogP contribution in [0.4, 0.5) is 0 Å². The van der Waals surface area contributed by atoms with Crippen LogP contribution in [0.25, 0.3) is 0 Å². The van der Waals surface area contributed by atoms with Crippen LogP contribution in [0.1, 0.15) is 59.3 Å². The smallest absolute Gasteiger partial charge is 0.302 e. The highest BCUT2D eigenvalue weighted by Gasteiger charge is 2.46. The van der Waals surface area contributed by atoms with E-state index in [9.17, 15) is 15.0 Å². The molecular weight excluding hydrogens is 324 g/mol. The van der Waals surface area contributed by atoms with Crippen molar-refractivity contribution < 1.29 is 29.2 Å². The Bertz CT molecular complexity index is 473. The Kier molecular flexibility index (Phi) is 6.65.